The average molecular weight is 460 g/mol. The first-order valence-electron chi connectivity index (χ1n) is 11.1. The molecular formula is C25H25N5O2S. The summed E-state index contributed by atoms with van der Waals surface area (Å²) in [6.45, 7) is 5.43. The zero-order valence-electron chi connectivity index (χ0n) is 18.7. The molecule has 3 aromatic heterocycles. The van der Waals surface area contributed by atoms with Crippen molar-refractivity contribution in [3.05, 3.63) is 70.3 Å². The normalized spacial score (nSPS) is 16.3. The topological polar surface area (TPSA) is 87.1 Å². The number of carbonyl (C=O) groups excluding carboxylic acids is 1. The molecule has 0 saturated carbocycles. The monoisotopic (exact) mass is 459 g/mol. The second kappa shape index (κ2) is 8.85. The summed E-state index contributed by atoms with van der Waals surface area (Å²) in [5, 5.41) is 13.9. The van der Waals surface area contributed by atoms with Gasteiger partial charge in [-0.25, -0.2) is 4.98 Å². The number of thiazole rings is 1. The molecule has 1 aromatic carbocycles. The van der Waals surface area contributed by atoms with Gasteiger partial charge in [-0.05, 0) is 63.1 Å². The summed E-state index contributed by atoms with van der Waals surface area (Å²) >= 11 is 1.70. The minimum atomic E-state index is -0.127. The Morgan fingerprint density at radius 2 is 2.15 bits per heavy atom. The van der Waals surface area contributed by atoms with Crippen molar-refractivity contribution in [3.8, 4) is 6.07 Å². The van der Waals surface area contributed by atoms with E-state index in [2.05, 4.69) is 22.4 Å². The van der Waals surface area contributed by atoms with Crippen molar-refractivity contribution in [1.29, 1.82) is 5.26 Å². The van der Waals surface area contributed by atoms with E-state index >= 15 is 0 Å². The number of hydrogen-bond acceptors (Lipinski definition) is 6. The first-order valence-corrected chi connectivity index (χ1v) is 11.9. The third kappa shape index (κ3) is 4.06. The van der Waals surface area contributed by atoms with Crippen molar-refractivity contribution in [3.63, 3.8) is 0 Å². The van der Waals surface area contributed by atoms with Crippen LogP contribution in [-0.4, -0.2) is 33.4 Å². The van der Waals surface area contributed by atoms with E-state index in [1.165, 1.54) is 4.70 Å². The lowest BCUT2D eigenvalue weighted by atomic mass is 10.2. The van der Waals surface area contributed by atoms with Gasteiger partial charge in [-0.15, -0.1) is 11.3 Å². The number of nitrogens with zero attached hydrogens (tertiary/aromatic N) is 4. The van der Waals surface area contributed by atoms with E-state index in [0.717, 1.165) is 46.9 Å². The molecule has 168 valence electrons. The molecule has 8 heteroatoms. The highest BCUT2D eigenvalue weighted by molar-refractivity contribution is 7.18. The van der Waals surface area contributed by atoms with E-state index < -0.39 is 0 Å². The zero-order chi connectivity index (χ0) is 22.9. The van der Waals surface area contributed by atoms with Crippen LogP contribution in [-0.2, 0) is 11.3 Å². The third-order valence-electron chi connectivity index (χ3n) is 6.40. The maximum Gasteiger partial charge on any atom is 0.239 e. The van der Waals surface area contributed by atoms with E-state index in [-0.39, 0.29) is 18.5 Å². The van der Waals surface area contributed by atoms with E-state index in [1.54, 1.807) is 17.6 Å². The second-order valence-corrected chi connectivity index (χ2v) is 9.47. The van der Waals surface area contributed by atoms with Crippen molar-refractivity contribution >= 4 is 33.3 Å². The highest BCUT2D eigenvalue weighted by Gasteiger charge is 2.31. The molecule has 0 bridgehead atoms. The molecule has 1 N–H and O–H groups in total. The van der Waals surface area contributed by atoms with Crippen LogP contribution in [0.2, 0.25) is 0 Å². The van der Waals surface area contributed by atoms with Gasteiger partial charge in [-0.1, -0.05) is 12.1 Å². The largest absolute Gasteiger partial charge is 0.467 e. The summed E-state index contributed by atoms with van der Waals surface area (Å²) in [6.07, 6.45) is 3.65. The molecule has 4 heterocycles. The lowest BCUT2D eigenvalue weighted by molar-refractivity contribution is -0.117. The number of nitrogens with one attached hydrogen (secondary N) is 1. The van der Waals surface area contributed by atoms with Crippen LogP contribution in [0.1, 0.15) is 46.5 Å². The van der Waals surface area contributed by atoms with Crippen LogP contribution in [0.25, 0.3) is 10.2 Å². The molecule has 0 radical (unpaired) electrons. The fourth-order valence-electron chi connectivity index (χ4n) is 4.57. The number of nitriles is 1. The third-order valence-corrected chi connectivity index (χ3v) is 7.54. The second-order valence-electron chi connectivity index (χ2n) is 8.41. The fraction of sp³-hybridized carbons (Fsp3) is 0.320. The van der Waals surface area contributed by atoms with Gasteiger partial charge in [0.1, 0.15) is 22.7 Å². The lowest BCUT2D eigenvalue weighted by Crippen LogP contribution is -2.33. The molecule has 1 amide bonds. The highest BCUT2D eigenvalue weighted by Crippen LogP contribution is 2.36. The molecular weight excluding hydrogens is 434 g/mol. The summed E-state index contributed by atoms with van der Waals surface area (Å²) in [6, 6.07) is 14.3. The molecule has 1 saturated heterocycles. The summed E-state index contributed by atoms with van der Waals surface area (Å²) < 4.78 is 8.61. The molecule has 1 atom stereocenters. The quantitative estimate of drug-likeness (QED) is 0.438. The van der Waals surface area contributed by atoms with Gasteiger partial charge >= 0.3 is 0 Å². The van der Waals surface area contributed by atoms with E-state index in [9.17, 15) is 10.1 Å². The van der Waals surface area contributed by atoms with Crippen LogP contribution in [0, 0.1) is 25.2 Å². The molecule has 1 aliphatic rings. The SMILES string of the molecule is Cc1c(C#N)c(NC(=O)CN2CCCC2c2nc3ccccc3s2)n(Cc2ccco2)c1C. The molecule has 1 fully saturated rings. The number of carbonyl (C=O) groups is 1. The van der Waals surface area contributed by atoms with Gasteiger partial charge < -0.3 is 14.3 Å². The number of para-hydroxylation sites is 1. The molecule has 5 rings (SSSR count). The van der Waals surface area contributed by atoms with E-state index in [4.69, 9.17) is 9.40 Å². The Hall–Kier alpha value is -3.41. The minimum absolute atomic E-state index is 0.127. The van der Waals surface area contributed by atoms with Crippen molar-refractivity contribution in [1.82, 2.24) is 14.5 Å². The molecule has 33 heavy (non-hydrogen) atoms. The van der Waals surface area contributed by atoms with Crippen molar-refractivity contribution in [2.24, 2.45) is 0 Å². The number of rotatable bonds is 6. The Balaban J connectivity index is 1.36. The molecule has 0 aliphatic carbocycles. The van der Waals surface area contributed by atoms with Crippen molar-refractivity contribution in [2.75, 3.05) is 18.4 Å². The van der Waals surface area contributed by atoms with Gasteiger partial charge in [-0.3, -0.25) is 9.69 Å². The van der Waals surface area contributed by atoms with Gasteiger partial charge in [0.2, 0.25) is 5.91 Å². The van der Waals surface area contributed by atoms with Gasteiger partial charge in [0.25, 0.3) is 0 Å². The zero-order valence-corrected chi connectivity index (χ0v) is 19.5. The Labute approximate surface area is 196 Å². The predicted molar refractivity (Wildman–Crippen MR) is 128 cm³/mol. The number of aromatic nitrogens is 2. The maximum atomic E-state index is 13.1. The fourth-order valence-corrected chi connectivity index (χ4v) is 5.71. The van der Waals surface area contributed by atoms with Crippen LogP contribution in [0.4, 0.5) is 5.82 Å². The van der Waals surface area contributed by atoms with Crippen LogP contribution in [0.3, 0.4) is 0 Å². The highest BCUT2D eigenvalue weighted by atomic mass is 32.1. The Morgan fingerprint density at radius 1 is 1.30 bits per heavy atom. The van der Waals surface area contributed by atoms with Crippen molar-refractivity contribution in [2.45, 2.75) is 39.3 Å². The van der Waals surface area contributed by atoms with E-state index in [0.29, 0.717) is 17.9 Å². The number of amides is 1. The molecule has 1 aliphatic heterocycles. The van der Waals surface area contributed by atoms with Gasteiger partial charge in [0.15, 0.2) is 0 Å². The molecule has 7 nitrogen and oxygen atoms in total. The van der Waals surface area contributed by atoms with Crippen LogP contribution in [0.5, 0.6) is 0 Å². The maximum absolute atomic E-state index is 13.1. The summed E-state index contributed by atoms with van der Waals surface area (Å²) in [5.41, 5.74) is 3.31. The Kier molecular flexibility index (Phi) is 5.75. The summed E-state index contributed by atoms with van der Waals surface area (Å²) in [7, 11) is 0. The van der Waals surface area contributed by atoms with E-state index in [1.807, 2.05) is 48.7 Å². The average Bonchev–Trinajstić information content (AvgIpc) is 3.59. The Bertz CT molecular complexity index is 1310. The van der Waals surface area contributed by atoms with Crippen LogP contribution in [0.15, 0.2) is 47.1 Å². The summed E-state index contributed by atoms with van der Waals surface area (Å²) in [5.74, 6) is 1.17. The number of hydrogen-bond donors (Lipinski definition) is 1. The predicted octanol–water partition coefficient (Wildman–Crippen LogP) is 5.00. The number of furan rings is 1. The first-order chi connectivity index (χ1) is 16.0. The molecule has 0 spiro atoms. The Morgan fingerprint density at radius 3 is 2.91 bits per heavy atom. The molecule has 4 aromatic rings. The van der Waals surface area contributed by atoms with Crippen LogP contribution < -0.4 is 5.32 Å². The van der Waals surface area contributed by atoms with Crippen LogP contribution >= 0.6 is 11.3 Å². The number of fused-ring (bicyclic) bond motifs is 1. The number of likely N-dealkylation sites (tertiary alicyclic amines) is 1. The van der Waals surface area contributed by atoms with Gasteiger partial charge in [0.05, 0.1) is 41.2 Å². The number of benzene rings is 1. The first kappa shape index (κ1) is 21.4. The lowest BCUT2D eigenvalue weighted by Gasteiger charge is -2.22. The standard InChI is InChI=1S/C25H25N5O2S/c1-16-17(2)30(14-18-7-6-12-32-18)24(19(16)13-26)28-23(31)15-29-11-5-9-21(29)25-27-20-8-3-4-10-22(20)33-25/h3-4,6-8,10,12,21H,5,9,11,14-15H2,1-2H3,(H,28,31). The smallest absolute Gasteiger partial charge is 0.239 e. The molecule has 1 unspecified atom stereocenters. The van der Waals surface area contributed by atoms with Gasteiger partial charge in [-0.2, -0.15) is 5.26 Å². The summed E-state index contributed by atoms with van der Waals surface area (Å²) in [4.78, 5) is 20.2. The van der Waals surface area contributed by atoms with Gasteiger partial charge in [0, 0.05) is 5.69 Å². The minimum Gasteiger partial charge on any atom is -0.467 e. The number of anilines is 1. The van der Waals surface area contributed by atoms with Crippen molar-refractivity contribution < 1.29 is 9.21 Å².